The van der Waals surface area contributed by atoms with Gasteiger partial charge in [-0.2, -0.15) is 5.10 Å². The van der Waals surface area contributed by atoms with Gasteiger partial charge in [-0.05, 0) is 25.7 Å². The molecule has 0 bridgehead atoms. The standard InChI is InChI=1S/C15H28N4O/c1-11(2)16-9-14-12(3)17-18(4)15(14)19-7-5-13(10-20)6-8-19/h11,13,16,20H,5-10H2,1-4H3. The molecule has 2 N–H and O–H groups in total. The molecule has 20 heavy (non-hydrogen) atoms. The Kier molecular flexibility index (Phi) is 5.05. The van der Waals surface area contributed by atoms with Crippen LogP contribution in [0.25, 0.3) is 0 Å². The quantitative estimate of drug-likeness (QED) is 0.857. The van der Waals surface area contributed by atoms with Crippen LogP contribution in [0, 0.1) is 12.8 Å². The molecule has 0 amide bonds. The molecule has 1 aromatic heterocycles. The lowest BCUT2D eigenvalue weighted by molar-refractivity contribution is 0.202. The maximum Gasteiger partial charge on any atom is 0.131 e. The second-order valence-electron chi connectivity index (χ2n) is 6.16. The van der Waals surface area contributed by atoms with E-state index in [1.165, 1.54) is 11.4 Å². The van der Waals surface area contributed by atoms with E-state index in [1.54, 1.807) is 0 Å². The zero-order chi connectivity index (χ0) is 14.7. The summed E-state index contributed by atoms with van der Waals surface area (Å²) in [4.78, 5) is 2.42. The molecule has 5 nitrogen and oxygen atoms in total. The van der Waals surface area contributed by atoms with Gasteiger partial charge >= 0.3 is 0 Å². The molecule has 1 fully saturated rings. The number of aliphatic hydroxyl groups is 1. The lowest BCUT2D eigenvalue weighted by atomic mass is 9.97. The molecule has 1 aromatic rings. The van der Waals surface area contributed by atoms with Crippen LogP contribution in [0.3, 0.4) is 0 Å². The SMILES string of the molecule is Cc1nn(C)c(N2CCC(CO)CC2)c1CNC(C)C. The molecule has 0 unspecified atom stereocenters. The monoisotopic (exact) mass is 280 g/mol. The highest BCUT2D eigenvalue weighted by molar-refractivity contribution is 5.50. The van der Waals surface area contributed by atoms with E-state index in [9.17, 15) is 5.11 Å². The number of nitrogens with zero attached hydrogens (tertiary/aromatic N) is 3. The Morgan fingerprint density at radius 1 is 1.35 bits per heavy atom. The van der Waals surface area contributed by atoms with Crippen LogP contribution >= 0.6 is 0 Å². The summed E-state index contributed by atoms with van der Waals surface area (Å²) in [6, 6.07) is 0.475. The van der Waals surface area contributed by atoms with Crippen molar-refractivity contribution in [2.75, 3.05) is 24.6 Å². The zero-order valence-electron chi connectivity index (χ0n) is 13.2. The van der Waals surface area contributed by atoms with Crippen LogP contribution in [-0.4, -0.2) is 40.6 Å². The number of aromatic nitrogens is 2. The Morgan fingerprint density at radius 3 is 2.55 bits per heavy atom. The number of rotatable bonds is 5. The second kappa shape index (κ2) is 6.59. The van der Waals surface area contributed by atoms with Gasteiger partial charge in [0.25, 0.3) is 0 Å². The first-order valence-corrected chi connectivity index (χ1v) is 7.64. The molecular formula is C15H28N4O. The largest absolute Gasteiger partial charge is 0.396 e. The first-order chi connectivity index (χ1) is 9.52. The highest BCUT2D eigenvalue weighted by atomic mass is 16.3. The number of nitrogens with one attached hydrogen (secondary N) is 1. The Hall–Kier alpha value is -1.07. The van der Waals surface area contributed by atoms with Gasteiger partial charge in [-0.1, -0.05) is 13.8 Å². The van der Waals surface area contributed by atoms with Gasteiger partial charge < -0.3 is 15.3 Å². The van der Waals surface area contributed by atoms with Crippen molar-refractivity contribution in [3.05, 3.63) is 11.3 Å². The van der Waals surface area contributed by atoms with Gasteiger partial charge in [-0.25, -0.2) is 0 Å². The number of hydrogen-bond donors (Lipinski definition) is 2. The van der Waals surface area contributed by atoms with Crippen molar-refractivity contribution in [2.24, 2.45) is 13.0 Å². The first-order valence-electron chi connectivity index (χ1n) is 7.64. The highest BCUT2D eigenvalue weighted by Crippen LogP contribution is 2.27. The summed E-state index contributed by atoms with van der Waals surface area (Å²) in [5.74, 6) is 1.71. The molecule has 1 aliphatic rings. The van der Waals surface area contributed by atoms with Gasteiger partial charge in [-0.3, -0.25) is 4.68 Å². The fourth-order valence-electron chi connectivity index (χ4n) is 2.93. The maximum absolute atomic E-state index is 9.26. The van der Waals surface area contributed by atoms with E-state index < -0.39 is 0 Å². The van der Waals surface area contributed by atoms with Crippen LogP contribution in [0.1, 0.15) is 37.9 Å². The van der Waals surface area contributed by atoms with E-state index in [4.69, 9.17) is 0 Å². The lowest BCUT2D eigenvalue weighted by Gasteiger charge is -2.33. The highest BCUT2D eigenvalue weighted by Gasteiger charge is 2.24. The average Bonchev–Trinajstić information content (AvgIpc) is 2.70. The molecule has 0 aromatic carbocycles. The predicted octanol–water partition coefficient (Wildman–Crippen LogP) is 1.44. The number of piperidine rings is 1. The number of anilines is 1. The van der Waals surface area contributed by atoms with E-state index in [0.717, 1.165) is 38.2 Å². The third kappa shape index (κ3) is 3.33. The number of aryl methyl sites for hydroxylation is 2. The molecule has 1 aliphatic heterocycles. The molecule has 2 heterocycles. The van der Waals surface area contributed by atoms with Crippen LogP contribution in [0.2, 0.25) is 0 Å². The summed E-state index contributed by atoms with van der Waals surface area (Å²) < 4.78 is 2.01. The molecule has 1 saturated heterocycles. The zero-order valence-corrected chi connectivity index (χ0v) is 13.2. The minimum Gasteiger partial charge on any atom is -0.396 e. The molecule has 0 atom stereocenters. The summed E-state index contributed by atoms with van der Waals surface area (Å²) in [7, 11) is 2.03. The average molecular weight is 280 g/mol. The summed E-state index contributed by atoms with van der Waals surface area (Å²) >= 11 is 0. The van der Waals surface area contributed by atoms with Crippen LogP contribution in [0.15, 0.2) is 0 Å². The molecule has 0 aliphatic carbocycles. The van der Waals surface area contributed by atoms with Crippen molar-refractivity contribution >= 4 is 5.82 Å². The van der Waals surface area contributed by atoms with Gasteiger partial charge in [0.15, 0.2) is 0 Å². The van der Waals surface area contributed by atoms with E-state index in [2.05, 4.69) is 36.1 Å². The maximum atomic E-state index is 9.26. The second-order valence-corrected chi connectivity index (χ2v) is 6.16. The Morgan fingerprint density at radius 2 is 2.00 bits per heavy atom. The summed E-state index contributed by atoms with van der Waals surface area (Å²) in [6.45, 7) is 9.63. The van der Waals surface area contributed by atoms with Crippen molar-refractivity contribution in [3.63, 3.8) is 0 Å². The predicted molar refractivity (Wildman–Crippen MR) is 81.9 cm³/mol. The molecule has 0 radical (unpaired) electrons. The molecule has 2 rings (SSSR count). The summed E-state index contributed by atoms with van der Waals surface area (Å²) in [5.41, 5.74) is 2.42. The fourth-order valence-corrected chi connectivity index (χ4v) is 2.93. The molecule has 114 valence electrons. The van der Waals surface area contributed by atoms with Crippen molar-refractivity contribution in [1.82, 2.24) is 15.1 Å². The van der Waals surface area contributed by atoms with Crippen molar-refractivity contribution in [3.8, 4) is 0 Å². The summed E-state index contributed by atoms with van der Waals surface area (Å²) in [5, 5.41) is 17.3. The van der Waals surface area contributed by atoms with Crippen molar-refractivity contribution < 1.29 is 5.11 Å². The molecule has 5 heteroatoms. The lowest BCUT2D eigenvalue weighted by Crippen LogP contribution is -2.37. The minimum absolute atomic E-state index is 0.319. The van der Waals surface area contributed by atoms with Gasteiger partial charge in [0.2, 0.25) is 0 Å². The van der Waals surface area contributed by atoms with Crippen molar-refractivity contribution in [2.45, 2.75) is 46.2 Å². The van der Waals surface area contributed by atoms with E-state index >= 15 is 0 Å². The topological polar surface area (TPSA) is 53.3 Å². The summed E-state index contributed by atoms with van der Waals surface area (Å²) in [6.07, 6.45) is 2.13. The third-order valence-electron chi connectivity index (χ3n) is 4.17. The van der Waals surface area contributed by atoms with Crippen LogP contribution in [0.4, 0.5) is 5.82 Å². The van der Waals surface area contributed by atoms with Gasteiger partial charge in [0.1, 0.15) is 5.82 Å². The number of hydrogen-bond acceptors (Lipinski definition) is 4. The van der Waals surface area contributed by atoms with Crippen molar-refractivity contribution in [1.29, 1.82) is 0 Å². The Balaban J connectivity index is 2.14. The number of aliphatic hydroxyl groups excluding tert-OH is 1. The smallest absolute Gasteiger partial charge is 0.131 e. The van der Waals surface area contributed by atoms with Crippen LogP contribution in [-0.2, 0) is 13.6 Å². The first kappa shape index (κ1) is 15.3. The van der Waals surface area contributed by atoms with Gasteiger partial charge in [-0.15, -0.1) is 0 Å². The fraction of sp³-hybridized carbons (Fsp3) is 0.800. The molecular weight excluding hydrogens is 252 g/mol. The Labute approximate surface area is 122 Å². The molecule has 0 spiro atoms. The van der Waals surface area contributed by atoms with E-state index in [0.29, 0.717) is 18.6 Å². The van der Waals surface area contributed by atoms with Gasteiger partial charge in [0.05, 0.1) is 5.69 Å². The Bertz CT molecular complexity index is 433. The van der Waals surface area contributed by atoms with Gasteiger partial charge in [0, 0.05) is 44.9 Å². The van der Waals surface area contributed by atoms with Crippen LogP contribution < -0.4 is 10.2 Å². The minimum atomic E-state index is 0.319. The van der Waals surface area contributed by atoms with E-state index in [1.807, 2.05) is 11.7 Å². The van der Waals surface area contributed by atoms with E-state index in [-0.39, 0.29) is 0 Å². The third-order valence-corrected chi connectivity index (χ3v) is 4.17. The molecule has 0 saturated carbocycles. The normalized spacial score (nSPS) is 17.2. The van der Waals surface area contributed by atoms with Crippen LogP contribution in [0.5, 0.6) is 0 Å².